The molecular weight excluding hydrogens is 709 g/mol. The van der Waals surface area contributed by atoms with Crippen molar-refractivity contribution in [2.24, 2.45) is 11.8 Å². The van der Waals surface area contributed by atoms with Crippen molar-refractivity contribution in [1.29, 1.82) is 0 Å². The smallest absolute Gasteiger partial charge is 0.345 e. The summed E-state index contributed by atoms with van der Waals surface area (Å²) in [6, 6.07) is 23.7. The van der Waals surface area contributed by atoms with Crippen LogP contribution in [0.25, 0.3) is 0 Å². The van der Waals surface area contributed by atoms with Gasteiger partial charge in [0.1, 0.15) is 18.1 Å². The van der Waals surface area contributed by atoms with Crippen molar-refractivity contribution in [2.45, 2.75) is 71.0 Å². The van der Waals surface area contributed by atoms with E-state index in [0.29, 0.717) is 12.8 Å². The zero-order valence-electron chi connectivity index (χ0n) is 27.1. The Hall–Kier alpha value is -4.06. The number of carbonyl (C=O) groups is 5. The number of hydrogen-bond donors (Lipinski definition) is 3. The van der Waals surface area contributed by atoms with E-state index in [4.69, 9.17) is 4.74 Å². The number of alkyl halides is 1. The van der Waals surface area contributed by atoms with Gasteiger partial charge >= 0.3 is 11.9 Å². The summed E-state index contributed by atoms with van der Waals surface area (Å²) in [5.41, 5.74) is 1.96. The molecule has 4 atom stereocenters. The molecule has 0 aliphatic carbocycles. The third-order valence-electron chi connectivity index (χ3n) is 7.44. The molecule has 3 N–H and O–H groups in total. The lowest BCUT2D eigenvalue weighted by atomic mass is 9.99. The quantitative estimate of drug-likeness (QED) is 0.0752. The molecule has 0 aliphatic heterocycles. The fourth-order valence-electron chi connectivity index (χ4n) is 4.94. The SMILES string of the molecule is CC(C)C[C@H](NC(=O)[C@H](CCc1ccccc1)NC(=O)CC(C)CI)C(=O)N[C@@H](Cc1ccccc1)C(=O)OC(=O)c1ccccc1. The highest BCUT2D eigenvalue weighted by Gasteiger charge is 2.32. The zero-order chi connectivity index (χ0) is 34.2. The molecule has 3 amide bonds. The number of amides is 3. The largest absolute Gasteiger partial charge is 0.388 e. The molecule has 47 heavy (non-hydrogen) atoms. The van der Waals surface area contributed by atoms with Gasteiger partial charge in [0.2, 0.25) is 17.7 Å². The number of carbonyl (C=O) groups excluding carboxylic acids is 5. The second-order valence-electron chi connectivity index (χ2n) is 12.1. The number of nitrogens with one attached hydrogen (secondary N) is 3. The van der Waals surface area contributed by atoms with E-state index in [-0.39, 0.29) is 42.6 Å². The molecular formula is C37H44IN3O6. The third-order valence-corrected chi connectivity index (χ3v) is 8.94. The molecule has 3 rings (SSSR count). The van der Waals surface area contributed by atoms with Gasteiger partial charge in [-0.15, -0.1) is 0 Å². The Morgan fingerprint density at radius 1 is 0.681 bits per heavy atom. The van der Waals surface area contributed by atoms with Crippen LogP contribution in [-0.4, -0.2) is 52.2 Å². The van der Waals surface area contributed by atoms with Crippen molar-refractivity contribution in [3.05, 3.63) is 108 Å². The van der Waals surface area contributed by atoms with Gasteiger partial charge < -0.3 is 20.7 Å². The highest BCUT2D eigenvalue weighted by Crippen LogP contribution is 2.13. The summed E-state index contributed by atoms with van der Waals surface area (Å²) in [6.07, 6.45) is 1.50. The zero-order valence-corrected chi connectivity index (χ0v) is 29.3. The standard InChI is InChI=1S/C37H44IN3O6/c1-25(2)21-31(40-34(43)30(39-33(42)22-26(3)24-38)20-19-27-13-7-4-8-14-27)35(44)41-32(23-28-15-9-5-10-16-28)37(46)47-36(45)29-17-11-6-12-18-29/h4-18,25-26,30-32H,19-24H2,1-3H3,(H,39,42)(H,40,43)(H,41,44)/t26?,30-,31-,32-/m0/s1. The summed E-state index contributed by atoms with van der Waals surface area (Å²) in [6.45, 7) is 5.81. The highest BCUT2D eigenvalue weighted by atomic mass is 127. The van der Waals surface area contributed by atoms with Crippen molar-refractivity contribution in [3.63, 3.8) is 0 Å². The molecule has 250 valence electrons. The summed E-state index contributed by atoms with van der Waals surface area (Å²) in [4.78, 5) is 66.4. The molecule has 9 nitrogen and oxygen atoms in total. The highest BCUT2D eigenvalue weighted by molar-refractivity contribution is 14.1. The van der Waals surface area contributed by atoms with Gasteiger partial charge in [0.05, 0.1) is 5.56 Å². The van der Waals surface area contributed by atoms with Crippen LogP contribution in [0.4, 0.5) is 0 Å². The fraction of sp³-hybridized carbons (Fsp3) is 0.378. The summed E-state index contributed by atoms with van der Waals surface area (Å²) in [7, 11) is 0. The Kier molecular flexibility index (Phi) is 15.6. The Labute approximate surface area is 290 Å². The average molecular weight is 754 g/mol. The van der Waals surface area contributed by atoms with Crippen molar-refractivity contribution >= 4 is 52.3 Å². The summed E-state index contributed by atoms with van der Waals surface area (Å²) < 4.78 is 5.98. The number of aryl methyl sites for hydroxylation is 1. The van der Waals surface area contributed by atoms with E-state index in [1.54, 1.807) is 42.5 Å². The fourth-order valence-corrected chi connectivity index (χ4v) is 5.25. The molecule has 0 fully saturated rings. The monoisotopic (exact) mass is 753 g/mol. The van der Waals surface area contributed by atoms with Crippen molar-refractivity contribution in [3.8, 4) is 0 Å². The lowest BCUT2D eigenvalue weighted by Gasteiger charge is -2.26. The molecule has 0 spiro atoms. The minimum absolute atomic E-state index is 0.00657. The number of esters is 2. The molecule has 3 aromatic carbocycles. The van der Waals surface area contributed by atoms with Crippen LogP contribution >= 0.6 is 22.6 Å². The van der Waals surface area contributed by atoms with Crippen LogP contribution in [-0.2, 0) is 36.8 Å². The minimum atomic E-state index is -1.20. The normalized spacial score (nSPS) is 13.5. The van der Waals surface area contributed by atoms with E-state index in [1.807, 2.05) is 57.2 Å². The topological polar surface area (TPSA) is 131 Å². The molecule has 0 aliphatic rings. The number of benzene rings is 3. The first kappa shape index (κ1) is 37.4. The number of halogens is 1. The predicted molar refractivity (Wildman–Crippen MR) is 190 cm³/mol. The van der Waals surface area contributed by atoms with Crippen LogP contribution in [0.2, 0.25) is 0 Å². The molecule has 0 heterocycles. The molecule has 3 aromatic rings. The van der Waals surface area contributed by atoms with Crippen molar-refractivity contribution in [1.82, 2.24) is 16.0 Å². The van der Waals surface area contributed by atoms with Gasteiger partial charge in [-0.2, -0.15) is 0 Å². The number of rotatable bonds is 17. The molecule has 10 heteroatoms. The van der Waals surface area contributed by atoms with Crippen molar-refractivity contribution < 1.29 is 28.7 Å². The molecule has 1 unspecified atom stereocenters. The lowest BCUT2D eigenvalue weighted by Crippen LogP contribution is -2.56. The van der Waals surface area contributed by atoms with E-state index in [1.165, 1.54) is 12.1 Å². The van der Waals surface area contributed by atoms with Gasteiger partial charge in [0.25, 0.3) is 0 Å². The molecule has 0 saturated carbocycles. The van der Waals surface area contributed by atoms with Gasteiger partial charge in [-0.1, -0.05) is 122 Å². The van der Waals surface area contributed by atoms with Gasteiger partial charge in [0.15, 0.2) is 0 Å². The Morgan fingerprint density at radius 2 is 1.21 bits per heavy atom. The van der Waals surface area contributed by atoms with Crippen LogP contribution in [0.1, 0.15) is 61.5 Å². The maximum Gasteiger partial charge on any atom is 0.345 e. The van der Waals surface area contributed by atoms with E-state index in [2.05, 4.69) is 38.5 Å². The number of ether oxygens (including phenoxy) is 1. The second-order valence-corrected chi connectivity index (χ2v) is 13.0. The Morgan fingerprint density at radius 3 is 1.79 bits per heavy atom. The summed E-state index contributed by atoms with van der Waals surface area (Å²) in [5, 5.41) is 8.46. The average Bonchev–Trinajstić information content (AvgIpc) is 3.06. The lowest BCUT2D eigenvalue weighted by molar-refractivity contribution is -0.143. The molecule has 0 aromatic heterocycles. The second kappa shape index (κ2) is 19.6. The van der Waals surface area contributed by atoms with Crippen molar-refractivity contribution in [2.75, 3.05) is 4.43 Å². The number of hydrogen-bond acceptors (Lipinski definition) is 6. The summed E-state index contributed by atoms with van der Waals surface area (Å²) in [5.74, 6) is -2.91. The van der Waals surface area contributed by atoms with Gasteiger partial charge in [0, 0.05) is 17.3 Å². The predicted octanol–water partition coefficient (Wildman–Crippen LogP) is 5.21. The van der Waals surface area contributed by atoms with E-state index < -0.39 is 41.9 Å². The molecule has 0 bridgehead atoms. The van der Waals surface area contributed by atoms with Crippen LogP contribution in [0.15, 0.2) is 91.0 Å². The first-order chi connectivity index (χ1) is 22.5. The first-order valence-electron chi connectivity index (χ1n) is 15.9. The minimum Gasteiger partial charge on any atom is -0.388 e. The van der Waals surface area contributed by atoms with Gasteiger partial charge in [-0.3, -0.25) is 14.4 Å². The van der Waals surface area contributed by atoms with E-state index in [0.717, 1.165) is 15.6 Å². The molecule has 0 saturated heterocycles. The first-order valence-corrected chi connectivity index (χ1v) is 17.4. The Bertz CT molecular complexity index is 1450. The van der Waals surface area contributed by atoms with Crippen LogP contribution in [0.3, 0.4) is 0 Å². The summed E-state index contributed by atoms with van der Waals surface area (Å²) >= 11 is 2.23. The van der Waals surface area contributed by atoms with Crippen LogP contribution < -0.4 is 16.0 Å². The Balaban J connectivity index is 1.79. The van der Waals surface area contributed by atoms with Crippen LogP contribution in [0, 0.1) is 11.8 Å². The molecule has 0 radical (unpaired) electrons. The maximum absolute atomic E-state index is 13.8. The van der Waals surface area contributed by atoms with Crippen LogP contribution in [0.5, 0.6) is 0 Å². The third kappa shape index (κ3) is 13.3. The van der Waals surface area contributed by atoms with E-state index >= 15 is 0 Å². The maximum atomic E-state index is 13.8. The van der Waals surface area contributed by atoms with Gasteiger partial charge in [-0.05, 0) is 54.4 Å². The van der Waals surface area contributed by atoms with Gasteiger partial charge in [-0.25, -0.2) is 9.59 Å². The van der Waals surface area contributed by atoms with E-state index in [9.17, 15) is 24.0 Å².